The largest absolute Gasteiger partial charge is 0.349 e. The number of aromatic nitrogens is 5. The molecule has 5 aromatic rings. The van der Waals surface area contributed by atoms with Crippen molar-refractivity contribution >= 4 is 45.3 Å². The summed E-state index contributed by atoms with van der Waals surface area (Å²) in [6, 6.07) is 17.3. The first-order valence-corrected chi connectivity index (χ1v) is 11.7. The van der Waals surface area contributed by atoms with Crippen molar-refractivity contribution in [3.63, 3.8) is 0 Å². The van der Waals surface area contributed by atoms with Crippen molar-refractivity contribution in [3.8, 4) is 0 Å². The molecular weight excluding hydrogens is 436 g/mol. The molecule has 1 fully saturated rings. The van der Waals surface area contributed by atoms with Gasteiger partial charge in [-0.1, -0.05) is 42.1 Å². The molecule has 164 valence electrons. The normalized spacial score (nSPS) is 13.7. The van der Waals surface area contributed by atoms with E-state index >= 15 is 0 Å². The van der Waals surface area contributed by atoms with E-state index in [1.54, 1.807) is 7.05 Å². The maximum Gasteiger partial charge on any atom is 0.262 e. The summed E-state index contributed by atoms with van der Waals surface area (Å²) in [7, 11) is 1.70. The van der Waals surface area contributed by atoms with Crippen LogP contribution < -0.4 is 10.9 Å². The van der Waals surface area contributed by atoms with Gasteiger partial charge in [0.1, 0.15) is 5.82 Å². The van der Waals surface area contributed by atoms with Crippen molar-refractivity contribution in [1.82, 2.24) is 29.5 Å². The van der Waals surface area contributed by atoms with Crippen LogP contribution in [0.25, 0.3) is 27.6 Å². The van der Waals surface area contributed by atoms with Gasteiger partial charge in [-0.25, -0.2) is 4.98 Å². The first-order valence-electron chi connectivity index (χ1n) is 10.8. The highest BCUT2D eigenvalue weighted by Gasteiger charge is 2.25. The van der Waals surface area contributed by atoms with Crippen LogP contribution in [0.1, 0.15) is 29.0 Å². The first kappa shape index (κ1) is 19.9. The lowest BCUT2D eigenvalue weighted by Gasteiger charge is -2.10. The summed E-state index contributed by atoms with van der Waals surface area (Å²) in [5.41, 5.74) is 2.08. The number of aryl methyl sites for hydroxylation is 1. The van der Waals surface area contributed by atoms with Crippen molar-refractivity contribution in [2.75, 3.05) is 0 Å². The van der Waals surface area contributed by atoms with Gasteiger partial charge in [0.15, 0.2) is 0 Å². The third kappa shape index (κ3) is 3.45. The van der Waals surface area contributed by atoms with E-state index in [2.05, 4.69) is 15.5 Å². The Morgan fingerprint density at radius 3 is 2.67 bits per heavy atom. The van der Waals surface area contributed by atoms with Gasteiger partial charge in [-0.3, -0.25) is 18.6 Å². The minimum atomic E-state index is -0.104. The number of hydrogen-bond acceptors (Lipinski definition) is 6. The Morgan fingerprint density at radius 1 is 1.09 bits per heavy atom. The number of thioether (sulfide) groups is 1. The van der Waals surface area contributed by atoms with Crippen LogP contribution in [0.4, 0.5) is 0 Å². The van der Waals surface area contributed by atoms with Crippen molar-refractivity contribution in [1.29, 1.82) is 0 Å². The molecule has 33 heavy (non-hydrogen) atoms. The Kier molecular flexibility index (Phi) is 4.65. The zero-order chi connectivity index (χ0) is 22.5. The van der Waals surface area contributed by atoms with Gasteiger partial charge < -0.3 is 5.32 Å². The molecule has 0 aliphatic heterocycles. The zero-order valence-electron chi connectivity index (χ0n) is 17.9. The van der Waals surface area contributed by atoms with Crippen molar-refractivity contribution in [3.05, 3.63) is 76.3 Å². The van der Waals surface area contributed by atoms with Crippen LogP contribution in [0.2, 0.25) is 0 Å². The van der Waals surface area contributed by atoms with Crippen LogP contribution >= 0.6 is 11.8 Å². The Balaban J connectivity index is 1.39. The summed E-state index contributed by atoms with van der Waals surface area (Å²) in [5.74, 6) is 1.62. The number of nitrogens with zero attached hydrogens (tertiary/aromatic N) is 5. The van der Waals surface area contributed by atoms with Crippen LogP contribution in [0.3, 0.4) is 0 Å². The zero-order valence-corrected chi connectivity index (χ0v) is 18.7. The monoisotopic (exact) mass is 456 g/mol. The molecule has 2 aromatic carbocycles. The molecule has 9 heteroatoms. The number of pyridine rings is 1. The topological polar surface area (TPSA) is 94.2 Å². The highest BCUT2D eigenvalue weighted by molar-refractivity contribution is 7.98. The van der Waals surface area contributed by atoms with Gasteiger partial charge in [-0.05, 0) is 37.1 Å². The van der Waals surface area contributed by atoms with Crippen LogP contribution in [-0.2, 0) is 12.8 Å². The summed E-state index contributed by atoms with van der Waals surface area (Å²) in [6.45, 7) is 0. The van der Waals surface area contributed by atoms with Gasteiger partial charge in [0.2, 0.25) is 5.78 Å². The standard InChI is InChI=1S/C24H20N6O2S/c1-29-23(32)16-7-3-5-9-19(16)30-20(27-28-24(29)30)13-33-21-12-17(22(31)25-14-10-11-14)15-6-2-4-8-18(15)26-21/h2-9,12,14H,10-11,13H2,1H3,(H,25,31). The van der Waals surface area contributed by atoms with Crippen LogP contribution in [0.5, 0.6) is 0 Å². The van der Waals surface area contributed by atoms with E-state index in [1.165, 1.54) is 16.3 Å². The van der Waals surface area contributed by atoms with Crippen LogP contribution in [0, 0.1) is 0 Å². The van der Waals surface area contributed by atoms with Crippen molar-refractivity contribution < 1.29 is 4.79 Å². The van der Waals surface area contributed by atoms with Gasteiger partial charge in [-0.2, -0.15) is 0 Å². The third-order valence-electron chi connectivity index (χ3n) is 5.89. The minimum Gasteiger partial charge on any atom is -0.349 e. The summed E-state index contributed by atoms with van der Waals surface area (Å²) >= 11 is 1.49. The van der Waals surface area contributed by atoms with Crippen molar-refractivity contribution in [2.24, 2.45) is 7.05 Å². The lowest BCUT2D eigenvalue weighted by molar-refractivity contribution is 0.0952. The molecule has 0 bridgehead atoms. The number of rotatable bonds is 5. The molecule has 0 unspecified atom stereocenters. The number of benzene rings is 2. The van der Waals surface area contributed by atoms with Gasteiger partial charge in [0, 0.05) is 18.5 Å². The van der Waals surface area contributed by atoms with E-state index in [0.717, 1.165) is 34.3 Å². The molecule has 1 aliphatic rings. The Bertz CT molecular complexity index is 1620. The number of para-hydroxylation sites is 2. The Hall–Kier alpha value is -3.72. The van der Waals surface area contributed by atoms with Gasteiger partial charge in [-0.15, -0.1) is 10.2 Å². The van der Waals surface area contributed by atoms with E-state index in [1.807, 2.05) is 59.0 Å². The Labute approximate surface area is 192 Å². The molecule has 0 atom stereocenters. The summed E-state index contributed by atoms with van der Waals surface area (Å²) < 4.78 is 3.42. The second-order valence-electron chi connectivity index (χ2n) is 8.19. The fourth-order valence-corrected chi connectivity index (χ4v) is 4.86. The number of fused-ring (bicyclic) bond motifs is 4. The van der Waals surface area contributed by atoms with E-state index in [4.69, 9.17) is 4.98 Å². The third-order valence-corrected chi connectivity index (χ3v) is 6.80. The van der Waals surface area contributed by atoms with E-state index < -0.39 is 0 Å². The first-order chi connectivity index (χ1) is 16.1. The number of nitrogens with one attached hydrogen (secondary N) is 1. The molecule has 8 nitrogen and oxygen atoms in total. The van der Waals surface area contributed by atoms with Gasteiger partial charge in [0.05, 0.1) is 32.8 Å². The van der Waals surface area contributed by atoms with E-state index in [9.17, 15) is 9.59 Å². The predicted molar refractivity (Wildman–Crippen MR) is 128 cm³/mol. The maximum absolute atomic E-state index is 12.9. The highest BCUT2D eigenvalue weighted by Crippen LogP contribution is 2.28. The fraction of sp³-hybridized carbons (Fsp3) is 0.208. The lowest BCUT2D eigenvalue weighted by Crippen LogP contribution is -2.25. The number of hydrogen-bond donors (Lipinski definition) is 1. The number of carbonyl (C=O) groups is 1. The average Bonchev–Trinajstić information content (AvgIpc) is 3.55. The smallest absolute Gasteiger partial charge is 0.262 e. The highest BCUT2D eigenvalue weighted by atomic mass is 32.2. The van der Waals surface area contributed by atoms with Crippen LogP contribution in [0.15, 0.2) is 64.4 Å². The number of amides is 1. The van der Waals surface area contributed by atoms with E-state index in [0.29, 0.717) is 28.3 Å². The summed E-state index contributed by atoms with van der Waals surface area (Å²) in [6.07, 6.45) is 2.07. The molecule has 3 aromatic heterocycles. The molecule has 0 spiro atoms. The SMILES string of the molecule is Cn1c(=O)c2ccccc2n2c(CSc3cc(C(=O)NC4CC4)c4ccccc4n3)nnc12. The second-order valence-corrected chi connectivity index (χ2v) is 9.19. The molecule has 0 saturated heterocycles. The molecule has 0 radical (unpaired) electrons. The average molecular weight is 457 g/mol. The lowest BCUT2D eigenvalue weighted by atomic mass is 10.1. The maximum atomic E-state index is 12.9. The summed E-state index contributed by atoms with van der Waals surface area (Å²) in [4.78, 5) is 30.3. The fourth-order valence-electron chi connectivity index (χ4n) is 4.03. The molecule has 1 aliphatic carbocycles. The van der Waals surface area contributed by atoms with Crippen LogP contribution in [-0.4, -0.2) is 36.1 Å². The van der Waals surface area contributed by atoms with Gasteiger partial charge >= 0.3 is 0 Å². The second kappa shape index (κ2) is 7.70. The number of carbonyl (C=O) groups excluding carboxylic acids is 1. The molecule has 6 rings (SSSR count). The Morgan fingerprint density at radius 2 is 1.85 bits per heavy atom. The van der Waals surface area contributed by atoms with Crippen molar-refractivity contribution in [2.45, 2.75) is 29.7 Å². The quantitative estimate of drug-likeness (QED) is 0.408. The molecule has 3 heterocycles. The summed E-state index contributed by atoms with van der Waals surface area (Å²) in [5, 5.41) is 13.9. The van der Waals surface area contributed by atoms with Gasteiger partial charge in [0.25, 0.3) is 11.5 Å². The molecule has 1 saturated carbocycles. The molecular formula is C24H20N6O2S. The molecule has 1 amide bonds. The minimum absolute atomic E-state index is 0.0631. The molecule has 1 N–H and O–H groups in total. The van der Waals surface area contributed by atoms with E-state index in [-0.39, 0.29) is 17.5 Å². The predicted octanol–water partition coefficient (Wildman–Crippen LogP) is 3.31.